The van der Waals surface area contributed by atoms with Crippen LogP contribution >= 0.6 is 23.1 Å². The maximum atomic E-state index is 13.3. The summed E-state index contributed by atoms with van der Waals surface area (Å²) in [6.07, 6.45) is 2.69. The number of thioether (sulfide) groups is 1. The number of amides is 1. The van der Waals surface area contributed by atoms with Gasteiger partial charge >= 0.3 is 5.97 Å². The molecule has 1 aliphatic carbocycles. The van der Waals surface area contributed by atoms with E-state index < -0.39 is 11.2 Å². The van der Waals surface area contributed by atoms with Crippen LogP contribution in [0.2, 0.25) is 0 Å². The number of benzene rings is 1. The highest BCUT2D eigenvalue weighted by atomic mass is 32.2. The number of rotatable bonds is 6. The number of fused-ring (bicyclic) bond motifs is 2. The Labute approximate surface area is 219 Å². The minimum absolute atomic E-state index is 0.153. The maximum absolute atomic E-state index is 13.3. The van der Waals surface area contributed by atoms with Gasteiger partial charge in [0.05, 0.1) is 28.3 Å². The number of carbonyl (C=O) groups is 2. The number of aromatic nitrogens is 2. The molecular formula is C27H33N3O4S2. The smallest absolute Gasteiger partial charge is 0.341 e. The fourth-order valence-electron chi connectivity index (χ4n) is 4.56. The van der Waals surface area contributed by atoms with Crippen molar-refractivity contribution < 1.29 is 14.3 Å². The van der Waals surface area contributed by atoms with Crippen LogP contribution in [0, 0.1) is 11.3 Å². The van der Waals surface area contributed by atoms with Gasteiger partial charge in [0.1, 0.15) is 5.00 Å². The van der Waals surface area contributed by atoms with Crippen LogP contribution in [-0.2, 0) is 29.4 Å². The van der Waals surface area contributed by atoms with E-state index in [0.717, 1.165) is 29.7 Å². The molecule has 0 aliphatic heterocycles. The lowest BCUT2D eigenvalue weighted by Crippen LogP contribution is -2.27. The summed E-state index contributed by atoms with van der Waals surface area (Å²) >= 11 is 2.70. The predicted octanol–water partition coefficient (Wildman–Crippen LogP) is 5.44. The van der Waals surface area contributed by atoms with E-state index >= 15 is 0 Å². The van der Waals surface area contributed by atoms with Crippen molar-refractivity contribution in [3.05, 3.63) is 50.6 Å². The second kappa shape index (κ2) is 10.4. The van der Waals surface area contributed by atoms with Crippen molar-refractivity contribution in [2.75, 3.05) is 11.9 Å². The zero-order valence-electron chi connectivity index (χ0n) is 21.6. The summed E-state index contributed by atoms with van der Waals surface area (Å²) < 4.78 is 6.83. The molecule has 2 unspecified atom stereocenters. The molecular weight excluding hydrogens is 494 g/mol. The Hall–Kier alpha value is -2.65. The number of anilines is 1. The number of nitrogens with one attached hydrogen (secondary N) is 1. The van der Waals surface area contributed by atoms with Crippen LogP contribution in [-0.4, -0.2) is 33.3 Å². The van der Waals surface area contributed by atoms with Crippen LogP contribution in [0.1, 0.15) is 61.8 Å². The van der Waals surface area contributed by atoms with Gasteiger partial charge in [0.25, 0.3) is 5.56 Å². The first-order valence-corrected chi connectivity index (χ1v) is 14.0. The third-order valence-electron chi connectivity index (χ3n) is 6.80. The number of esters is 1. The Balaban J connectivity index is 1.59. The fourth-order valence-corrected chi connectivity index (χ4v) is 6.75. The third-order valence-corrected chi connectivity index (χ3v) is 9.11. The van der Waals surface area contributed by atoms with E-state index in [1.54, 1.807) is 39.1 Å². The number of para-hydroxylation sites is 1. The van der Waals surface area contributed by atoms with Crippen LogP contribution in [0.4, 0.5) is 5.00 Å². The SMILES string of the molecule is CCOC(=O)c1c(NC(=O)C(C)Sc2nc3ccccc3c(=O)n2C)sc2c1CCC(C(C)(C)C)C2. The summed E-state index contributed by atoms with van der Waals surface area (Å²) in [5.74, 6) is -0.130. The molecule has 192 valence electrons. The highest BCUT2D eigenvalue weighted by Gasteiger charge is 2.35. The quantitative estimate of drug-likeness (QED) is 0.261. The first-order chi connectivity index (χ1) is 17.0. The molecule has 2 atom stereocenters. The Morgan fingerprint density at radius 3 is 2.72 bits per heavy atom. The van der Waals surface area contributed by atoms with Crippen LogP contribution < -0.4 is 10.9 Å². The monoisotopic (exact) mass is 527 g/mol. The number of carbonyl (C=O) groups excluding carboxylic acids is 2. The van der Waals surface area contributed by atoms with Crippen LogP contribution in [0.15, 0.2) is 34.2 Å². The van der Waals surface area contributed by atoms with Gasteiger partial charge in [-0.25, -0.2) is 9.78 Å². The van der Waals surface area contributed by atoms with Crippen molar-refractivity contribution in [2.45, 2.75) is 64.3 Å². The minimum Gasteiger partial charge on any atom is -0.462 e. The molecule has 0 bridgehead atoms. The average molecular weight is 528 g/mol. The van der Waals surface area contributed by atoms with E-state index in [1.165, 1.54) is 27.7 Å². The molecule has 7 nitrogen and oxygen atoms in total. The zero-order valence-corrected chi connectivity index (χ0v) is 23.3. The topological polar surface area (TPSA) is 90.3 Å². The molecule has 2 heterocycles. The molecule has 3 aromatic rings. The van der Waals surface area contributed by atoms with Gasteiger partial charge in [0.2, 0.25) is 5.91 Å². The summed E-state index contributed by atoms with van der Waals surface area (Å²) in [7, 11) is 1.66. The second-order valence-corrected chi connectivity index (χ2v) is 12.7. The van der Waals surface area contributed by atoms with E-state index in [0.29, 0.717) is 32.5 Å². The number of ether oxygens (including phenoxy) is 1. The van der Waals surface area contributed by atoms with E-state index in [-0.39, 0.29) is 23.5 Å². The first kappa shape index (κ1) is 26.4. The standard InChI is InChI=1S/C27H33N3O4S2/c1-7-34-25(33)21-18-13-12-16(27(3,4)5)14-20(18)36-23(21)29-22(31)15(2)35-26-28-19-11-9-8-10-17(19)24(32)30(26)6/h8-11,15-16H,7,12-14H2,1-6H3,(H,29,31). The first-order valence-electron chi connectivity index (χ1n) is 12.3. The van der Waals surface area contributed by atoms with Crippen molar-refractivity contribution in [1.82, 2.24) is 9.55 Å². The van der Waals surface area contributed by atoms with E-state index in [4.69, 9.17) is 4.74 Å². The van der Waals surface area contributed by atoms with Crippen molar-refractivity contribution in [3.63, 3.8) is 0 Å². The van der Waals surface area contributed by atoms with Gasteiger partial charge in [-0.3, -0.25) is 14.2 Å². The molecule has 0 spiro atoms. The largest absolute Gasteiger partial charge is 0.462 e. The highest BCUT2D eigenvalue weighted by molar-refractivity contribution is 8.00. The summed E-state index contributed by atoms with van der Waals surface area (Å²) in [5.41, 5.74) is 2.11. The molecule has 9 heteroatoms. The van der Waals surface area contributed by atoms with Gasteiger partial charge in [-0.15, -0.1) is 11.3 Å². The summed E-state index contributed by atoms with van der Waals surface area (Å²) in [4.78, 5) is 44.6. The van der Waals surface area contributed by atoms with Crippen molar-refractivity contribution >= 4 is 50.9 Å². The van der Waals surface area contributed by atoms with Gasteiger partial charge in [-0.2, -0.15) is 0 Å². The lowest BCUT2D eigenvalue weighted by molar-refractivity contribution is -0.115. The Morgan fingerprint density at radius 1 is 1.31 bits per heavy atom. The molecule has 2 aromatic heterocycles. The lowest BCUT2D eigenvalue weighted by Gasteiger charge is -2.33. The maximum Gasteiger partial charge on any atom is 0.341 e. The van der Waals surface area contributed by atoms with Crippen molar-refractivity contribution in [1.29, 1.82) is 0 Å². The Bertz CT molecular complexity index is 1370. The normalized spacial score (nSPS) is 16.4. The van der Waals surface area contributed by atoms with Gasteiger partial charge in [-0.05, 0) is 62.1 Å². The average Bonchev–Trinajstić information content (AvgIpc) is 3.19. The molecule has 1 aromatic carbocycles. The number of thiophene rings is 1. The van der Waals surface area contributed by atoms with E-state index in [9.17, 15) is 14.4 Å². The van der Waals surface area contributed by atoms with Crippen LogP contribution in [0.3, 0.4) is 0 Å². The second-order valence-electron chi connectivity index (χ2n) is 10.3. The molecule has 0 radical (unpaired) electrons. The predicted molar refractivity (Wildman–Crippen MR) is 146 cm³/mol. The van der Waals surface area contributed by atoms with Crippen LogP contribution in [0.5, 0.6) is 0 Å². The number of hydrogen-bond donors (Lipinski definition) is 1. The van der Waals surface area contributed by atoms with Crippen LogP contribution in [0.25, 0.3) is 10.9 Å². The number of hydrogen-bond acceptors (Lipinski definition) is 7. The van der Waals surface area contributed by atoms with Gasteiger partial charge in [0, 0.05) is 11.9 Å². The Kier molecular flexibility index (Phi) is 7.61. The molecule has 36 heavy (non-hydrogen) atoms. The van der Waals surface area contributed by atoms with Gasteiger partial charge < -0.3 is 10.1 Å². The van der Waals surface area contributed by atoms with Gasteiger partial charge in [0.15, 0.2) is 5.16 Å². The fraction of sp³-hybridized carbons (Fsp3) is 0.481. The highest BCUT2D eigenvalue weighted by Crippen LogP contribution is 2.44. The molecule has 1 N–H and O–H groups in total. The van der Waals surface area contributed by atoms with Gasteiger partial charge in [-0.1, -0.05) is 44.7 Å². The summed E-state index contributed by atoms with van der Waals surface area (Å²) in [6.45, 7) is 10.6. The van der Waals surface area contributed by atoms with Crippen molar-refractivity contribution in [3.8, 4) is 0 Å². The summed E-state index contributed by atoms with van der Waals surface area (Å²) in [6, 6.07) is 7.17. The minimum atomic E-state index is -0.541. The third kappa shape index (κ3) is 5.22. The number of nitrogens with zero attached hydrogens (tertiary/aromatic N) is 2. The molecule has 1 aliphatic rings. The molecule has 0 fully saturated rings. The summed E-state index contributed by atoms with van der Waals surface area (Å²) in [5, 5.41) is 4.00. The molecule has 0 saturated heterocycles. The molecule has 1 amide bonds. The van der Waals surface area contributed by atoms with E-state index in [2.05, 4.69) is 31.1 Å². The zero-order chi connectivity index (χ0) is 26.2. The lowest BCUT2D eigenvalue weighted by atomic mass is 9.72. The van der Waals surface area contributed by atoms with Crippen molar-refractivity contribution in [2.24, 2.45) is 18.4 Å². The molecule has 4 rings (SSSR count). The molecule has 0 saturated carbocycles. The Morgan fingerprint density at radius 2 is 2.03 bits per heavy atom. The van der Waals surface area contributed by atoms with E-state index in [1.807, 2.05) is 6.07 Å².